The number of hydrogen-bond acceptors (Lipinski definition) is 5. The normalized spacial score (nSPS) is 20.0. The molecule has 1 spiro atoms. The van der Waals surface area contributed by atoms with Gasteiger partial charge in [0.25, 0.3) is 0 Å². The van der Waals surface area contributed by atoms with Crippen LogP contribution >= 0.6 is 0 Å². The molecule has 0 radical (unpaired) electrons. The Labute approximate surface area is 155 Å². The van der Waals surface area contributed by atoms with Gasteiger partial charge in [-0.25, -0.2) is 0 Å². The maximum absolute atomic E-state index is 8.85. The number of rotatable bonds is 3. The minimum absolute atomic E-state index is 0.382. The van der Waals surface area contributed by atoms with Crippen molar-refractivity contribution in [3.63, 3.8) is 0 Å². The second kappa shape index (κ2) is 7.43. The van der Waals surface area contributed by atoms with Gasteiger partial charge in [0.1, 0.15) is 6.07 Å². The van der Waals surface area contributed by atoms with Gasteiger partial charge in [-0.1, -0.05) is 30.3 Å². The van der Waals surface area contributed by atoms with Crippen LogP contribution in [0.5, 0.6) is 0 Å². The quantitative estimate of drug-likeness (QED) is 0.853. The van der Waals surface area contributed by atoms with E-state index in [0.29, 0.717) is 11.1 Å². The minimum Gasteiger partial charge on any atom is -0.355 e. The van der Waals surface area contributed by atoms with E-state index in [-0.39, 0.29) is 0 Å². The van der Waals surface area contributed by atoms with Gasteiger partial charge < -0.3 is 4.90 Å². The largest absolute Gasteiger partial charge is 0.355 e. The molecule has 0 amide bonds. The smallest absolute Gasteiger partial charge is 0.163 e. The van der Waals surface area contributed by atoms with E-state index in [0.717, 1.165) is 25.5 Å². The molecule has 2 aromatic rings. The predicted molar refractivity (Wildman–Crippen MR) is 102 cm³/mol. The van der Waals surface area contributed by atoms with Gasteiger partial charge in [-0.2, -0.15) is 5.26 Å². The third-order valence-electron chi connectivity index (χ3n) is 6.08. The summed E-state index contributed by atoms with van der Waals surface area (Å²) in [5.41, 5.74) is 2.30. The average molecular weight is 347 g/mol. The molecule has 4 rings (SSSR count). The van der Waals surface area contributed by atoms with Crippen LogP contribution < -0.4 is 4.90 Å². The molecule has 2 aliphatic heterocycles. The standard InChI is InChI=1S/C21H25N5/c22-16-19-6-7-20(24-23-19)26-14-10-21(11-15-26)8-12-25(13-9-21)17-18-4-2-1-3-5-18/h1-7H,8-15,17H2. The summed E-state index contributed by atoms with van der Waals surface area (Å²) in [6, 6.07) is 16.5. The van der Waals surface area contributed by atoms with Gasteiger partial charge in [0.05, 0.1) is 0 Å². The molecule has 0 atom stereocenters. The molecule has 0 unspecified atom stereocenters. The first-order valence-electron chi connectivity index (χ1n) is 9.51. The monoisotopic (exact) mass is 347 g/mol. The molecule has 0 aliphatic carbocycles. The number of hydrogen-bond donors (Lipinski definition) is 0. The summed E-state index contributed by atoms with van der Waals surface area (Å²) in [4.78, 5) is 4.91. The first kappa shape index (κ1) is 17.0. The molecule has 5 heteroatoms. The lowest BCUT2D eigenvalue weighted by molar-refractivity contribution is 0.0757. The van der Waals surface area contributed by atoms with E-state index >= 15 is 0 Å². The van der Waals surface area contributed by atoms with Crippen LogP contribution in [0.3, 0.4) is 0 Å². The zero-order valence-corrected chi connectivity index (χ0v) is 15.1. The molecule has 0 bridgehead atoms. The van der Waals surface area contributed by atoms with E-state index in [1.54, 1.807) is 6.07 Å². The maximum atomic E-state index is 8.85. The molecular weight excluding hydrogens is 322 g/mol. The van der Waals surface area contributed by atoms with Crippen molar-refractivity contribution < 1.29 is 0 Å². The zero-order valence-electron chi connectivity index (χ0n) is 15.1. The highest BCUT2D eigenvalue weighted by Crippen LogP contribution is 2.42. The van der Waals surface area contributed by atoms with Crippen molar-refractivity contribution in [2.45, 2.75) is 32.2 Å². The van der Waals surface area contributed by atoms with Gasteiger partial charge in [-0.3, -0.25) is 4.90 Å². The Kier molecular flexibility index (Phi) is 4.85. The van der Waals surface area contributed by atoms with Gasteiger partial charge in [0.2, 0.25) is 0 Å². The highest BCUT2D eigenvalue weighted by atomic mass is 15.3. The van der Waals surface area contributed by atoms with Crippen molar-refractivity contribution in [1.82, 2.24) is 15.1 Å². The van der Waals surface area contributed by atoms with Crippen LogP contribution in [0, 0.1) is 16.7 Å². The number of piperidine rings is 2. The number of benzene rings is 1. The summed E-state index contributed by atoms with van der Waals surface area (Å²) in [7, 11) is 0. The molecular formula is C21H25N5. The van der Waals surface area contributed by atoms with Crippen molar-refractivity contribution in [3.8, 4) is 6.07 Å². The fourth-order valence-electron chi connectivity index (χ4n) is 4.29. The SMILES string of the molecule is N#Cc1ccc(N2CCC3(CCN(Cc4ccccc4)CC3)CC2)nn1. The summed E-state index contributed by atoms with van der Waals surface area (Å²) in [6.07, 6.45) is 5.06. The highest BCUT2D eigenvalue weighted by molar-refractivity contribution is 5.39. The van der Waals surface area contributed by atoms with Gasteiger partial charge in [0.15, 0.2) is 11.5 Å². The molecule has 0 saturated carbocycles. The van der Waals surface area contributed by atoms with Gasteiger partial charge in [-0.05, 0) is 61.9 Å². The van der Waals surface area contributed by atoms with E-state index in [2.05, 4.69) is 50.3 Å². The van der Waals surface area contributed by atoms with Crippen LogP contribution in [0.25, 0.3) is 0 Å². The fraction of sp³-hybridized carbons (Fsp3) is 0.476. The Morgan fingerprint density at radius 3 is 2.19 bits per heavy atom. The second-order valence-corrected chi connectivity index (χ2v) is 7.64. The van der Waals surface area contributed by atoms with Crippen LogP contribution in [0.4, 0.5) is 5.82 Å². The molecule has 134 valence electrons. The van der Waals surface area contributed by atoms with E-state index in [1.807, 2.05) is 12.1 Å². The Morgan fingerprint density at radius 1 is 0.885 bits per heavy atom. The maximum Gasteiger partial charge on any atom is 0.163 e. The van der Waals surface area contributed by atoms with Crippen LogP contribution in [0.2, 0.25) is 0 Å². The van der Waals surface area contributed by atoms with Crippen molar-refractivity contribution in [2.75, 3.05) is 31.1 Å². The minimum atomic E-state index is 0.382. The number of aromatic nitrogens is 2. The summed E-state index contributed by atoms with van der Waals surface area (Å²) >= 11 is 0. The molecule has 1 aromatic carbocycles. The summed E-state index contributed by atoms with van der Waals surface area (Å²) in [6.45, 7) is 5.56. The first-order chi connectivity index (χ1) is 12.8. The van der Waals surface area contributed by atoms with Crippen LogP contribution in [-0.2, 0) is 6.54 Å². The molecule has 2 saturated heterocycles. The Balaban J connectivity index is 1.30. The number of likely N-dealkylation sites (tertiary alicyclic amines) is 1. The first-order valence-corrected chi connectivity index (χ1v) is 9.51. The van der Waals surface area contributed by atoms with Crippen LogP contribution in [0.1, 0.15) is 36.9 Å². The van der Waals surface area contributed by atoms with E-state index in [4.69, 9.17) is 5.26 Å². The molecule has 3 heterocycles. The second-order valence-electron chi connectivity index (χ2n) is 7.64. The summed E-state index contributed by atoms with van der Waals surface area (Å²) in [5.74, 6) is 0.903. The number of anilines is 1. The van der Waals surface area contributed by atoms with Gasteiger partial charge in [0, 0.05) is 19.6 Å². The molecule has 0 N–H and O–H groups in total. The molecule has 5 nitrogen and oxygen atoms in total. The van der Waals surface area contributed by atoms with E-state index < -0.39 is 0 Å². The van der Waals surface area contributed by atoms with Gasteiger partial charge in [-0.15, -0.1) is 10.2 Å². The number of nitrogens with zero attached hydrogens (tertiary/aromatic N) is 5. The highest BCUT2D eigenvalue weighted by Gasteiger charge is 2.37. The lowest BCUT2D eigenvalue weighted by atomic mass is 9.71. The van der Waals surface area contributed by atoms with Crippen molar-refractivity contribution in [1.29, 1.82) is 5.26 Å². The summed E-state index contributed by atoms with van der Waals surface area (Å²) in [5, 5.41) is 17.0. The lowest BCUT2D eigenvalue weighted by Crippen LogP contribution is -2.46. The molecule has 2 fully saturated rings. The lowest BCUT2D eigenvalue weighted by Gasteiger charge is -2.47. The Morgan fingerprint density at radius 2 is 1.58 bits per heavy atom. The molecule has 26 heavy (non-hydrogen) atoms. The Hall–Kier alpha value is -2.45. The molecule has 2 aliphatic rings. The van der Waals surface area contributed by atoms with Crippen molar-refractivity contribution in [3.05, 3.63) is 53.7 Å². The molecule has 1 aromatic heterocycles. The van der Waals surface area contributed by atoms with Crippen LogP contribution in [-0.4, -0.2) is 41.3 Å². The average Bonchev–Trinajstić information content (AvgIpc) is 2.71. The van der Waals surface area contributed by atoms with E-state index in [9.17, 15) is 0 Å². The fourth-order valence-corrected chi connectivity index (χ4v) is 4.29. The van der Waals surface area contributed by atoms with Crippen LogP contribution in [0.15, 0.2) is 42.5 Å². The topological polar surface area (TPSA) is 56.1 Å². The van der Waals surface area contributed by atoms with Crippen molar-refractivity contribution in [2.24, 2.45) is 5.41 Å². The zero-order chi connectivity index (χ0) is 17.8. The third kappa shape index (κ3) is 3.71. The predicted octanol–water partition coefficient (Wildman–Crippen LogP) is 3.23. The number of nitriles is 1. The van der Waals surface area contributed by atoms with E-state index in [1.165, 1.54) is 44.3 Å². The third-order valence-corrected chi connectivity index (χ3v) is 6.08. The summed E-state index contributed by atoms with van der Waals surface area (Å²) < 4.78 is 0. The Bertz CT molecular complexity index is 747. The van der Waals surface area contributed by atoms with Crippen molar-refractivity contribution >= 4 is 5.82 Å². The van der Waals surface area contributed by atoms with Gasteiger partial charge >= 0.3 is 0 Å².